The maximum Gasteiger partial charge on any atom is 0.256 e. The van der Waals surface area contributed by atoms with Crippen LogP contribution in [0.2, 0.25) is 5.02 Å². The number of halogens is 1. The highest BCUT2D eigenvalue weighted by atomic mass is 35.5. The summed E-state index contributed by atoms with van der Waals surface area (Å²) in [6, 6.07) is 9.89. The molecular formula is C16H16ClNO4S. The monoisotopic (exact) mass is 353 g/mol. The van der Waals surface area contributed by atoms with Crippen molar-refractivity contribution in [2.75, 3.05) is 11.5 Å². The topological polar surface area (TPSA) is 67.6 Å². The van der Waals surface area contributed by atoms with Gasteiger partial charge >= 0.3 is 0 Å². The van der Waals surface area contributed by atoms with Crippen molar-refractivity contribution in [3.63, 3.8) is 0 Å². The molecule has 0 radical (unpaired) electrons. The summed E-state index contributed by atoms with van der Waals surface area (Å²) in [6.07, 6.45) is 1.96. The summed E-state index contributed by atoms with van der Waals surface area (Å²) in [7, 11) is -3.10. The van der Waals surface area contributed by atoms with Gasteiger partial charge in [0, 0.05) is 6.04 Å². The number of nitrogens with zero attached hydrogens (tertiary/aromatic N) is 1. The molecule has 2 heterocycles. The van der Waals surface area contributed by atoms with Gasteiger partial charge in [0.05, 0.1) is 34.9 Å². The van der Waals surface area contributed by atoms with E-state index in [0.29, 0.717) is 22.8 Å². The van der Waals surface area contributed by atoms with Crippen LogP contribution in [0.4, 0.5) is 0 Å². The van der Waals surface area contributed by atoms with Gasteiger partial charge in [-0.05, 0) is 30.7 Å². The Morgan fingerprint density at radius 1 is 1.26 bits per heavy atom. The lowest BCUT2D eigenvalue weighted by atomic mass is 10.1. The van der Waals surface area contributed by atoms with Crippen LogP contribution in [0.1, 0.15) is 22.5 Å². The van der Waals surface area contributed by atoms with E-state index in [1.807, 2.05) is 0 Å². The second-order valence-corrected chi connectivity index (χ2v) is 8.19. The zero-order valence-electron chi connectivity index (χ0n) is 12.3. The molecule has 0 aliphatic carbocycles. The second kappa shape index (κ2) is 6.37. The molecule has 5 nitrogen and oxygen atoms in total. The van der Waals surface area contributed by atoms with Crippen molar-refractivity contribution in [2.45, 2.75) is 19.0 Å². The normalized spacial score (nSPS) is 19.6. The van der Waals surface area contributed by atoms with Crippen molar-refractivity contribution in [3.8, 4) is 0 Å². The number of sulfone groups is 1. The van der Waals surface area contributed by atoms with Gasteiger partial charge in [-0.25, -0.2) is 8.42 Å². The smallest absolute Gasteiger partial charge is 0.256 e. The summed E-state index contributed by atoms with van der Waals surface area (Å²) in [4.78, 5) is 14.4. The summed E-state index contributed by atoms with van der Waals surface area (Å²) >= 11 is 6.12. The Morgan fingerprint density at radius 2 is 2.04 bits per heavy atom. The molecule has 1 saturated heterocycles. The number of rotatable bonds is 4. The van der Waals surface area contributed by atoms with Gasteiger partial charge in [-0.2, -0.15) is 0 Å². The average Bonchev–Trinajstić information content (AvgIpc) is 3.14. The number of amides is 1. The van der Waals surface area contributed by atoms with Crippen LogP contribution in [0, 0.1) is 0 Å². The molecule has 0 unspecified atom stereocenters. The molecule has 1 atom stereocenters. The maximum atomic E-state index is 12.9. The average molecular weight is 354 g/mol. The number of benzene rings is 1. The van der Waals surface area contributed by atoms with Crippen LogP contribution in [0.5, 0.6) is 0 Å². The molecule has 2 aromatic rings. The van der Waals surface area contributed by atoms with E-state index in [2.05, 4.69) is 0 Å². The standard InChI is InChI=1S/C16H16ClNO4S/c17-15-6-2-1-5-14(15)16(19)18(10-13-4-3-8-22-13)12-7-9-23(20,21)11-12/h1-6,8,12H,7,9-11H2/t12-/m0/s1. The molecule has 3 rings (SSSR count). The first kappa shape index (κ1) is 16.1. The quantitative estimate of drug-likeness (QED) is 0.847. The fraction of sp³-hybridized carbons (Fsp3) is 0.312. The third-order valence-electron chi connectivity index (χ3n) is 3.92. The van der Waals surface area contributed by atoms with Crippen LogP contribution >= 0.6 is 11.6 Å². The molecule has 0 spiro atoms. The van der Waals surface area contributed by atoms with Crippen molar-refractivity contribution in [3.05, 3.63) is 59.0 Å². The van der Waals surface area contributed by atoms with Crippen molar-refractivity contribution >= 4 is 27.3 Å². The highest BCUT2D eigenvalue weighted by Gasteiger charge is 2.35. The zero-order valence-corrected chi connectivity index (χ0v) is 13.9. The first-order valence-corrected chi connectivity index (χ1v) is 9.44. The SMILES string of the molecule is O=C(c1ccccc1Cl)N(Cc1ccco1)[C@H]1CCS(=O)(=O)C1. The van der Waals surface area contributed by atoms with Gasteiger partial charge in [-0.15, -0.1) is 0 Å². The molecule has 0 bridgehead atoms. The second-order valence-electron chi connectivity index (χ2n) is 5.55. The third-order valence-corrected chi connectivity index (χ3v) is 6.00. The van der Waals surface area contributed by atoms with Crippen molar-refractivity contribution in [1.82, 2.24) is 4.90 Å². The van der Waals surface area contributed by atoms with E-state index in [1.54, 1.807) is 41.3 Å². The molecule has 1 aromatic heterocycles. The van der Waals surface area contributed by atoms with E-state index in [-0.39, 0.29) is 30.0 Å². The van der Waals surface area contributed by atoms with Crippen LogP contribution in [0.25, 0.3) is 0 Å². The third kappa shape index (κ3) is 3.59. The predicted molar refractivity (Wildman–Crippen MR) is 87.1 cm³/mol. The molecule has 1 aliphatic heterocycles. The Labute approximate surface area is 139 Å². The molecule has 1 aliphatic rings. The predicted octanol–water partition coefficient (Wildman–Crippen LogP) is 2.76. The Kier molecular flexibility index (Phi) is 4.46. The Morgan fingerprint density at radius 3 is 2.65 bits per heavy atom. The number of furan rings is 1. The molecule has 0 saturated carbocycles. The minimum Gasteiger partial charge on any atom is -0.467 e. The molecule has 0 N–H and O–H groups in total. The molecule has 7 heteroatoms. The summed E-state index contributed by atoms with van der Waals surface area (Å²) in [6.45, 7) is 0.219. The first-order valence-electron chi connectivity index (χ1n) is 7.24. The van der Waals surface area contributed by atoms with Gasteiger partial charge in [-0.1, -0.05) is 23.7 Å². The summed E-state index contributed by atoms with van der Waals surface area (Å²) < 4.78 is 28.9. The Bertz CT molecular complexity index is 801. The van der Waals surface area contributed by atoms with Gasteiger partial charge in [0.25, 0.3) is 5.91 Å². The molecule has 122 valence electrons. The fourth-order valence-corrected chi connectivity index (χ4v) is 4.69. The highest BCUT2D eigenvalue weighted by molar-refractivity contribution is 7.91. The number of hydrogen-bond acceptors (Lipinski definition) is 4. The van der Waals surface area contributed by atoms with E-state index in [4.69, 9.17) is 16.0 Å². The minimum atomic E-state index is -3.10. The van der Waals surface area contributed by atoms with Crippen molar-refractivity contribution < 1.29 is 17.6 Å². The van der Waals surface area contributed by atoms with Crippen LogP contribution in [-0.4, -0.2) is 36.8 Å². The number of carbonyl (C=O) groups is 1. The summed E-state index contributed by atoms with van der Waals surface area (Å²) in [5.74, 6) is 0.398. The van der Waals surface area contributed by atoms with E-state index in [1.165, 1.54) is 6.26 Å². The van der Waals surface area contributed by atoms with Gasteiger partial charge in [0.15, 0.2) is 9.84 Å². The van der Waals surface area contributed by atoms with Crippen molar-refractivity contribution in [2.24, 2.45) is 0 Å². The van der Waals surface area contributed by atoms with Gasteiger partial charge in [-0.3, -0.25) is 4.79 Å². The van der Waals surface area contributed by atoms with E-state index in [0.717, 1.165) is 0 Å². The lowest BCUT2D eigenvalue weighted by Gasteiger charge is -2.27. The first-order chi connectivity index (χ1) is 11.0. The fourth-order valence-electron chi connectivity index (χ4n) is 2.75. The molecule has 1 fully saturated rings. The van der Waals surface area contributed by atoms with Crippen LogP contribution in [0.15, 0.2) is 47.1 Å². The van der Waals surface area contributed by atoms with Gasteiger partial charge in [0.1, 0.15) is 5.76 Å². The summed E-state index contributed by atoms with van der Waals surface area (Å²) in [5, 5.41) is 0.350. The molecule has 1 amide bonds. The Hall–Kier alpha value is -1.79. The van der Waals surface area contributed by atoms with Gasteiger partial charge < -0.3 is 9.32 Å². The van der Waals surface area contributed by atoms with Crippen LogP contribution in [0.3, 0.4) is 0 Å². The van der Waals surface area contributed by atoms with Crippen molar-refractivity contribution in [1.29, 1.82) is 0 Å². The van der Waals surface area contributed by atoms with E-state index >= 15 is 0 Å². The van der Waals surface area contributed by atoms with Gasteiger partial charge in [0.2, 0.25) is 0 Å². The molecule has 23 heavy (non-hydrogen) atoms. The van der Waals surface area contributed by atoms with Crippen LogP contribution < -0.4 is 0 Å². The Balaban J connectivity index is 1.91. The maximum absolute atomic E-state index is 12.9. The largest absolute Gasteiger partial charge is 0.467 e. The van der Waals surface area contributed by atoms with E-state index in [9.17, 15) is 13.2 Å². The van der Waals surface area contributed by atoms with Crippen LogP contribution in [-0.2, 0) is 16.4 Å². The minimum absolute atomic E-state index is 0.0239. The number of carbonyl (C=O) groups excluding carboxylic acids is 1. The lowest BCUT2D eigenvalue weighted by Crippen LogP contribution is -2.40. The molecular weight excluding hydrogens is 338 g/mol. The number of hydrogen-bond donors (Lipinski definition) is 0. The summed E-state index contributed by atoms with van der Waals surface area (Å²) in [5.41, 5.74) is 0.366. The molecule has 1 aromatic carbocycles. The van der Waals surface area contributed by atoms with E-state index < -0.39 is 9.84 Å². The zero-order chi connectivity index (χ0) is 16.4. The lowest BCUT2D eigenvalue weighted by molar-refractivity contribution is 0.0666. The highest BCUT2D eigenvalue weighted by Crippen LogP contribution is 2.25.